The topological polar surface area (TPSA) is 15.3 Å². The Balaban J connectivity index is 1.92. The normalized spacial score (nSPS) is 20.1. The Labute approximate surface area is 111 Å². The van der Waals surface area contributed by atoms with E-state index in [2.05, 4.69) is 47.6 Å². The molecule has 1 heterocycles. The molecule has 0 aromatic heterocycles. The highest BCUT2D eigenvalue weighted by Crippen LogP contribution is 2.16. The fourth-order valence-corrected chi connectivity index (χ4v) is 2.80. The van der Waals surface area contributed by atoms with Crippen molar-refractivity contribution in [3.8, 4) is 0 Å². The van der Waals surface area contributed by atoms with Gasteiger partial charge in [0.1, 0.15) is 0 Å². The third-order valence-electron chi connectivity index (χ3n) is 3.94. The van der Waals surface area contributed by atoms with Crippen LogP contribution in [0.5, 0.6) is 0 Å². The highest BCUT2D eigenvalue weighted by Gasteiger charge is 2.15. The fourth-order valence-electron chi connectivity index (χ4n) is 2.80. The zero-order valence-corrected chi connectivity index (χ0v) is 11.6. The molecular weight excluding hydrogens is 220 g/mol. The first kappa shape index (κ1) is 13.6. The maximum Gasteiger partial charge on any atom is 0.0446 e. The Hall–Kier alpha value is -0.860. The van der Waals surface area contributed by atoms with Crippen molar-refractivity contribution in [3.63, 3.8) is 0 Å². The van der Waals surface area contributed by atoms with Crippen LogP contribution >= 0.6 is 0 Å². The van der Waals surface area contributed by atoms with Crippen LogP contribution < -0.4 is 5.32 Å². The van der Waals surface area contributed by atoms with Crippen LogP contribution in [0.1, 0.15) is 43.7 Å². The molecule has 2 heteroatoms. The summed E-state index contributed by atoms with van der Waals surface area (Å²) in [5.74, 6) is 0. The molecule has 1 aromatic rings. The summed E-state index contributed by atoms with van der Waals surface area (Å²) in [6, 6.07) is 11.3. The van der Waals surface area contributed by atoms with Crippen molar-refractivity contribution in [2.45, 2.75) is 38.1 Å². The van der Waals surface area contributed by atoms with E-state index >= 15 is 0 Å². The van der Waals surface area contributed by atoms with E-state index in [9.17, 15) is 0 Å². The molecule has 1 N–H and O–H groups in total. The summed E-state index contributed by atoms with van der Waals surface area (Å²) in [5.41, 5.74) is 1.40. The predicted molar refractivity (Wildman–Crippen MR) is 77.8 cm³/mol. The Kier molecular flexibility index (Phi) is 5.69. The number of benzene rings is 1. The number of hydrogen-bond donors (Lipinski definition) is 1. The largest absolute Gasteiger partial charge is 0.312 e. The van der Waals surface area contributed by atoms with Gasteiger partial charge in [-0.15, -0.1) is 0 Å². The first-order chi connectivity index (χ1) is 8.90. The summed E-state index contributed by atoms with van der Waals surface area (Å²) in [6.45, 7) is 3.68. The van der Waals surface area contributed by atoms with Crippen molar-refractivity contribution in [1.82, 2.24) is 10.2 Å². The smallest absolute Gasteiger partial charge is 0.0446 e. The molecule has 1 atom stereocenters. The average molecular weight is 246 g/mol. The Bertz CT molecular complexity index is 315. The highest BCUT2D eigenvalue weighted by atomic mass is 15.1. The third-order valence-corrected chi connectivity index (χ3v) is 3.94. The molecule has 2 rings (SSSR count). The van der Waals surface area contributed by atoms with Crippen molar-refractivity contribution in [2.75, 3.05) is 26.7 Å². The summed E-state index contributed by atoms with van der Waals surface area (Å²) < 4.78 is 0. The number of hydrogen-bond acceptors (Lipinski definition) is 2. The van der Waals surface area contributed by atoms with E-state index in [1.807, 2.05) is 0 Å². The van der Waals surface area contributed by atoms with E-state index in [4.69, 9.17) is 0 Å². The van der Waals surface area contributed by atoms with Crippen molar-refractivity contribution in [2.24, 2.45) is 0 Å². The third kappa shape index (κ3) is 4.11. The first-order valence-electron chi connectivity index (χ1n) is 7.34. The van der Waals surface area contributed by atoms with E-state index in [1.54, 1.807) is 0 Å². The van der Waals surface area contributed by atoms with Crippen LogP contribution in [0.2, 0.25) is 0 Å². The van der Waals surface area contributed by atoms with Gasteiger partial charge < -0.3 is 10.2 Å². The molecule has 1 aliphatic heterocycles. The molecule has 1 unspecified atom stereocenters. The van der Waals surface area contributed by atoms with Crippen molar-refractivity contribution < 1.29 is 0 Å². The molecule has 100 valence electrons. The zero-order chi connectivity index (χ0) is 12.6. The second-order valence-corrected chi connectivity index (χ2v) is 5.32. The van der Waals surface area contributed by atoms with Gasteiger partial charge in [-0.25, -0.2) is 0 Å². The maximum atomic E-state index is 3.46. The predicted octanol–water partition coefficient (Wildman–Crippen LogP) is 3.21. The lowest BCUT2D eigenvalue weighted by Gasteiger charge is -2.29. The Morgan fingerprint density at radius 3 is 2.22 bits per heavy atom. The van der Waals surface area contributed by atoms with Gasteiger partial charge in [0.15, 0.2) is 0 Å². The Morgan fingerprint density at radius 1 is 1.00 bits per heavy atom. The first-order valence-corrected chi connectivity index (χ1v) is 7.34. The van der Waals surface area contributed by atoms with E-state index in [0.717, 1.165) is 6.54 Å². The highest BCUT2D eigenvalue weighted by molar-refractivity contribution is 5.19. The van der Waals surface area contributed by atoms with Crippen molar-refractivity contribution in [3.05, 3.63) is 35.9 Å². The molecule has 0 spiro atoms. The summed E-state index contributed by atoms with van der Waals surface area (Å²) in [7, 11) is 2.07. The minimum absolute atomic E-state index is 0.464. The van der Waals surface area contributed by atoms with Gasteiger partial charge in [0.25, 0.3) is 0 Å². The lowest BCUT2D eigenvalue weighted by Crippen LogP contribution is -2.35. The summed E-state index contributed by atoms with van der Waals surface area (Å²) in [5, 5.41) is 3.46. The minimum atomic E-state index is 0.464. The summed E-state index contributed by atoms with van der Waals surface area (Å²) >= 11 is 0. The lowest BCUT2D eigenvalue weighted by molar-refractivity contribution is 0.225. The maximum absolute atomic E-state index is 3.46. The second kappa shape index (κ2) is 7.55. The van der Waals surface area contributed by atoms with Crippen LogP contribution in [-0.2, 0) is 0 Å². The lowest BCUT2D eigenvalue weighted by atomic mass is 10.0. The minimum Gasteiger partial charge on any atom is -0.312 e. The van der Waals surface area contributed by atoms with Crippen LogP contribution in [0, 0.1) is 0 Å². The van der Waals surface area contributed by atoms with Gasteiger partial charge in [-0.2, -0.15) is 0 Å². The summed E-state index contributed by atoms with van der Waals surface area (Å²) in [6.07, 6.45) is 6.98. The van der Waals surface area contributed by atoms with Gasteiger partial charge >= 0.3 is 0 Å². The van der Waals surface area contributed by atoms with Gasteiger partial charge in [0.2, 0.25) is 0 Å². The molecule has 0 saturated carbocycles. The molecule has 1 aromatic carbocycles. The van der Waals surface area contributed by atoms with Gasteiger partial charge in [-0.05, 0) is 38.5 Å². The van der Waals surface area contributed by atoms with Crippen LogP contribution in [0.25, 0.3) is 0 Å². The van der Waals surface area contributed by atoms with Gasteiger partial charge in [0.05, 0.1) is 0 Å². The molecule has 0 aliphatic carbocycles. The second-order valence-electron chi connectivity index (χ2n) is 5.32. The quantitative estimate of drug-likeness (QED) is 0.877. The van der Waals surface area contributed by atoms with Crippen LogP contribution in [0.3, 0.4) is 0 Å². The number of likely N-dealkylation sites (N-methyl/N-ethyl adjacent to an activating group) is 1. The van der Waals surface area contributed by atoms with Gasteiger partial charge in [-0.3, -0.25) is 0 Å². The molecule has 1 fully saturated rings. The van der Waals surface area contributed by atoms with Crippen LogP contribution in [0.4, 0.5) is 0 Å². The average Bonchev–Trinajstić information content (AvgIpc) is 2.39. The van der Waals surface area contributed by atoms with E-state index in [0.29, 0.717) is 6.04 Å². The molecule has 1 aliphatic rings. The summed E-state index contributed by atoms with van der Waals surface area (Å²) in [4.78, 5) is 2.63. The van der Waals surface area contributed by atoms with Gasteiger partial charge in [-0.1, -0.05) is 49.6 Å². The number of nitrogens with one attached hydrogen (secondary N) is 1. The monoisotopic (exact) mass is 246 g/mol. The standard InChI is InChI=1S/C16H26N2/c1-17-16(15-10-6-5-7-11-15)14-18-12-8-3-2-4-9-13-18/h5-7,10-11,16-17H,2-4,8-9,12-14H2,1H3. The van der Waals surface area contributed by atoms with Crippen molar-refractivity contribution in [1.29, 1.82) is 0 Å². The molecule has 0 radical (unpaired) electrons. The molecule has 1 saturated heterocycles. The molecule has 2 nitrogen and oxygen atoms in total. The fraction of sp³-hybridized carbons (Fsp3) is 0.625. The van der Waals surface area contributed by atoms with Gasteiger partial charge in [0, 0.05) is 12.6 Å². The van der Waals surface area contributed by atoms with Crippen molar-refractivity contribution >= 4 is 0 Å². The Morgan fingerprint density at radius 2 is 1.61 bits per heavy atom. The van der Waals surface area contributed by atoms with Crippen LogP contribution in [-0.4, -0.2) is 31.6 Å². The number of nitrogens with zero attached hydrogens (tertiary/aromatic N) is 1. The molecule has 0 amide bonds. The van der Waals surface area contributed by atoms with Crippen LogP contribution in [0.15, 0.2) is 30.3 Å². The SMILES string of the molecule is CNC(CN1CCCCCCC1)c1ccccc1. The molecule has 0 bridgehead atoms. The van der Waals surface area contributed by atoms with E-state index < -0.39 is 0 Å². The molecule has 18 heavy (non-hydrogen) atoms. The van der Waals surface area contributed by atoms with E-state index in [1.165, 1.54) is 50.8 Å². The number of rotatable bonds is 4. The molecular formula is C16H26N2. The van der Waals surface area contributed by atoms with E-state index in [-0.39, 0.29) is 0 Å². The zero-order valence-electron chi connectivity index (χ0n) is 11.6. The number of likely N-dealkylation sites (tertiary alicyclic amines) is 1.